The molecule has 10 nitrogen and oxygen atoms in total. The van der Waals surface area contributed by atoms with Crippen LogP contribution in [0.1, 0.15) is 19.4 Å². The maximum absolute atomic E-state index is 12.7. The number of nitrogens with one attached hydrogen (secondary N) is 1. The van der Waals surface area contributed by atoms with Gasteiger partial charge in [0.25, 0.3) is 11.8 Å². The quantitative estimate of drug-likeness (QED) is 0.202. The highest BCUT2D eigenvalue weighted by atomic mass is 79.9. The number of para-hydroxylation sites is 1. The summed E-state index contributed by atoms with van der Waals surface area (Å²) in [6.07, 6.45) is 0.888. The smallest absolute Gasteiger partial charge is 0.344 e. The summed E-state index contributed by atoms with van der Waals surface area (Å²) in [5.41, 5.74) is 2.50. The molecule has 2 amide bonds. The van der Waals surface area contributed by atoms with Gasteiger partial charge in [-0.2, -0.15) is 0 Å². The van der Waals surface area contributed by atoms with Gasteiger partial charge in [0.05, 0.1) is 21.2 Å². The highest BCUT2D eigenvalue weighted by molar-refractivity contribution is 9.10. The fourth-order valence-corrected chi connectivity index (χ4v) is 3.45. The van der Waals surface area contributed by atoms with Crippen molar-refractivity contribution in [2.45, 2.75) is 20.0 Å². The number of hydrazine groups is 1. The van der Waals surface area contributed by atoms with Crippen molar-refractivity contribution in [1.82, 2.24) is 5.43 Å². The van der Waals surface area contributed by atoms with Crippen LogP contribution < -0.4 is 15.2 Å². The van der Waals surface area contributed by atoms with Gasteiger partial charge < -0.3 is 9.47 Å². The second-order valence-corrected chi connectivity index (χ2v) is 7.76. The van der Waals surface area contributed by atoms with Gasteiger partial charge in [-0.15, -0.1) is 0 Å². The number of carbonyl (C=O) groups is 3. The largest absolute Gasteiger partial charge is 0.474 e. The summed E-state index contributed by atoms with van der Waals surface area (Å²) < 4.78 is 10.4. The molecule has 32 heavy (non-hydrogen) atoms. The van der Waals surface area contributed by atoms with Gasteiger partial charge >= 0.3 is 11.7 Å². The Bertz CT molecular complexity index is 1120. The van der Waals surface area contributed by atoms with Crippen LogP contribution in [0.25, 0.3) is 6.08 Å². The van der Waals surface area contributed by atoms with Crippen LogP contribution in [0.2, 0.25) is 0 Å². The summed E-state index contributed by atoms with van der Waals surface area (Å²) in [4.78, 5) is 47.6. The summed E-state index contributed by atoms with van der Waals surface area (Å²) in [5.74, 6) is -2.10. The van der Waals surface area contributed by atoms with Crippen LogP contribution in [0.5, 0.6) is 5.75 Å². The normalized spacial score (nSPS) is 14.6. The van der Waals surface area contributed by atoms with E-state index in [0.717, 1.165) is 11.1 Å². The van der Waals surface area contributed by atoms with E-state index in [9.17, 15) is 24.5 Å². The van der Waals surface area contributed by atoms with Crippen LogP contribution >= 0.6 is 15.9 Å². The molecule has 3 rings (SSSR count). The van der Waals surface area contributed by atoms with E-state index in [1.54, 1.807) is 44.2 Å². The molecular formula is C21H18BrN3O7. The topological polar surface area (TPSA) is 128 Å². The highest BCUT2D eigenvalue weighted by Crippen LogP contribution is 2.37. The first-order valence-corrected chi connectivity index (χ1v) is 10.2. The Kier molecular flexibility index (Phi) is 6.89. The highest BCUT2D eigenvalue weighted by Gasteiger charge is 2.34. The monoisotopic (exact) mass is 503 g/mol. The maximum Gasteiger partial charge on any atom is 0.344 e. The van der Waals surface area contributed by atoms with Crippen molar-refractivity contribution in [3.8, 4) is 5.75 Å². The molecule has 1 heterocycles. The predicted octanol–water partition coefficient (Wildman–Crippen LogP) is 3.15. The molecule has 0 atom stereocenters. The molecule has 0 radical (unpaired) electrons. The van der Waals surface area contributed by atoms with Crippen molar-refractivity contribution >= 4 is 51.2 Å². The van der Waals surface area contributed by atoms with Crippen molar-refractivity contribution in [2.24, 2.45) is 0 Å². The third kappa shape index (κ3) is 5.11. The Morgan fingerprint density at radius 3 is 2.56 bits per heavy atom. The fourth-order valence-electron chi connectivity index (χ4n) is 2.87. The SMILES string of the molecule is CC(C)OC(=O)COc1c(Br)cc(/C=C2/C(=O)NN(c3ccccc3)C2=O)cc1[N+](=O)[O-]. The van der Waals surface area contributed by atoms with Gasteiger partial charge in [-0.05, 0) is 59.6 Å². The van der Waals surface area contributed by atoms with Crippen molar-refractivity contribution < 1.29 is 28.8 Å². The first-order chi connectivity index (χ1) is 15.2. The lowest BCUT2D eigenvalue weighted by molar-refractivity contribution is -0.385. The van der Waals surface area contributed by atoms with Gasteiger partial charge in [-0.25, -0.2) is 9.80 Å². The molecule has 0 aliphatic carbocycles. The number of hydrogen-bond acceptors (Lipinski definition) is 7. The predicted molar refractivity (Wildman–Crippen MR) is 118 cm³/mol. The average Bonchev–Trinajstić information content (AvgIpc) is 3.01. The Labute approximate surface area is 191 Å². The fraction of sp³-hybridized carbons (Fsp3) is 0.190. The van der Waals surface area contributed by atoms with E-state index in [1.807, 2.05) is 0 Å². The van der Waals surface area contributed by atoms with Crippen LogP contribution in [0.15, 0.2) is 52.5 Å². The zero-order chi connectivity index (χ0) is 23.4. The van der Waals surface area contributed by atoms with Crippen LogP contribution in [0, 0.1) is 10.1 Å². The van der Waals surface area contributed by atoms with Crippen molar-refractivity contribution in [2.75, 3.05) is 11.6 Å². The second-order valence-electron chi connectivity index (χ2n) is 6.91. The van der Waals surface area contributed by atoms with Crippen LogP contribution in [0.4, 0.5) is 11.4 Å². The van der Waals surface area contributed by atoms with Crippen molar-refractivity contribution in [3.05, 3.63) is 68.2 Å². The molecule has 1 saturated heterocycles. The molecule has 1 N–H and O–H groups in total. The maximum atomic E-state index is 12.7. The van der Waals surface area contributed by atoms with E-state index >= 15 is 0 Å². The van der Waals surface area contributed by atoms with Crippen LogP contribution in [-0.2, 0) is 19.1 Å². The number of benzene rings is 2. The number of anilines is 1. The summed E-state index contributed by atoms with van der Waals surface area (Å²) >= 11 is 3.19. The van der Waals surface area contributed by atoms with E-state index < -0.39 is 35.0 Å². The minimum atomic E-state index is -0.692. The molecule has 0 bridgehead atoms. The first kappa shape index (κ1) is 22.9. The Balaban J connectivity index is 1.89. The molecule has 1 fully saturated rings. The van der Waals surface area contributed by atoms with E-state index in [2.05, 4.69) is 21.4 Å². The molecule has 11 heteroatoms. The third-order valence-electron chi connectivity index (χ3n) is 4.16. The summed E-state index contributed by atoms with van der Waals surface area (Å²) in [5, 5.41) is 12.7. The minimum Gasteiger partial charge on any atom is -0.474 e. The van der Waals surface area contributed by atoms with Gasteiger partial charge in [0, 0.05) is 6.07 Å². The van der Waals surface area contributed by atoms with E-state index in [4.69, 9.17) is 9.47 Å². The lowest BCUT2D eigenvalue weighted by atomic mass is 10.1. The Morgan fingerprint density at radius 1 is 1.25 bits per heavy atom. The Morgan fingerprint density at radius 2 is 1.94 bits per heavy atom. The molecule has 2 aromatic rings. The molecular weight excluding hydrogens is 486 g/mol. The van der Waals surface area contributed by atoms with Gasteiger partial charge in [-0.1, -0.05) is 18.2 Å². The summed E-state index contributed by atoms with van der Waals surface area (Å²) in [6, 6.07) is 11.1. The number of carbonyl (C=O) groups excluding carboxylic acids is 3. The van der Waals surface area contributed by atoms with Gasteiger partial charge in [-0.3, -0.25) is 25.1 Å². The molecule has 0 unspecified atom stereocenters. The zero-order valence-electron chi connectivity index (χ0n) is 17.0. The number of nitro groups is 1. The first-order valence-electron chi connectivity index (χ1n) is 9.39. The molecule has 0 spiro atoms. The van der Waals surface area contributed by atoms with E-state index in [-0.39, 0.29) is 27.5 Å². The number of ether oxygens (including phenoxy) is 2. The second kappa shape index (κ2) is 9.60. The molecule has 0 aromatic heterocycles. The number of nitro benzene ring substituents is 1. The molecule has 1 aliphatic heterocycles. The van der Waals surface area contributed by atoms with E-state index in [0.29, 0.717) is 5.69 Å². The average molecular weight is 504 g/mol. The Hall–Kier alpha value is -3.73. The standard InChI is InChI=1S/C21H18BrN3O7/c1-12(2)32-18(26)11-31-19-16(22)9-13(10-17(19)25(29)30)8-15-20(27)23-24(21(15)28)14-6-4-3-5-7-14/h3-10,12H,11H2,1-2H3,(H,23,27)/b15-8-. The van der Waals surface area contributed by atoms with Crippen molar-refractivity contribution in [3.63, 3.8) is 0 Å². The van der Waals surface area contributed by atoms with E-state index in [1.165, 1.54) is 12.1 Å². The number of rotatable bonds is 7. The zero-order valence-corrected chi connectivity index (χ0v) is 18.6. The third-order valence-corrected chi connectivity index (χ3v) is 4.75. The van der Waals surface area contributed by atoms with Gasteiger partial charge in [0.1, 0.15) is 5.57 Å². The number of esters is 1. The summed E-state index contributed by atoms with van der Waals surface area (Å²) in [7, 11) is 0. The molecule has 2 aromatic carbocycles. The number of halogens is 1. The number of hydrogen-bond donors (Lipinski definition) is 1. The number of nitrogens with zero attached hydrogens (tertiary/aromatic N) is 2. The minimum absolute atomic E-state index is 0.168. The molecule has 0 saturated carbocycles. The van der Waals surface area contributed by atoms with Gasteiger partial charge in [0.15, 0.2) is 6.61 Å². The summed E-state index contributed by atoms with van der Waals surface area (Å²) in [6.45, 7) is 2.81. The molecule has 166 valence electrons. The van der Waals surface area contributed by atoms with Gasteiger partial charge in [0.2, 0.25) is 5.75 Å². The van der Waals surface area contributed by atoms with Crippen LogP contribution in [0.3, 0.4) is 0 Å². The molecule has 1 aliphatic rings. The lowest BCUT2D eigenvalue weighted by Crippen LogP contribution is -2.35. The van der Waals surface area contributed by atoms with Crippen molar-refractivity contribution in [1.29, 1.82) is 0 Å². The number of amides is 2. The lowest BCUT2D eigenvalue weighted by Gasteiger charge is -2.13. The van der Waals surface area contributed by atoms with Crippen LogP contribution in [-0.4, -0.2) is 35.4 Å².